The number of halogens is 1. The average molecular weight is 343 g/mol. The van der Waals surface area contributed by atoms with Gasteiger partial charge in [-0.05, 0) is 56.0 Å². The van der Waals surface area contributed by atoms with Gasteiger partial charge in [-0.3, -0.25) is 4.79 Å². The second kappa shape index (κ2) is 5.97. The van der Waals surface area contributed by atoms with Crippen LogP contribution in [0.4, 0.5) is 10.1 Å². The molecule has 0 aromatic heterocycles. The van der Waals surface area contributed by atoms with Crippen LogP contribution in [0.3, 0.4) is 0 Å². The zero-order valence-electron chi connectivity index (χ0n) is 12.4. The van der Waals surface area contributed by atoms with Crippen molar-refractivity contribution in [3.05, 3.63) is 23.5 Å². The summed E-state index contributed by atoms with van der Waals surface area (Å²) >= 11 is 0. The van der Waals surface area contributed by atoms with Gasteiger partial charge in [-0.1, -0.05) is 0 Å². The summed E-state index contributed by atoms with van der Waals surface area (Å²) in [6.45, 7) is 1.38. The maximum atomic E-state index is 14.3. The largest absolute Gasteiger partial charge is 0.506 e. The summed E-state index contributed by atoms with van der Waals surface area (Å²) in [7, 11) is -4.15. The molecule has 0 bridgehead atoms. The number of aromatic hydroxyl groups is 1. The number of anilines is 1. The van der Waals surface area contributed by atoms with E-state index in [9.17, 15) is 22.7 Å². The third-order valence-electron chi connectivity index (χ3n) is 4.18. The Labute approximate surface area is 133 Å². The van der Waals surface area contributed by atoms with Gasteiger partial charge in [0.2, 0.25) is 0 Å². The van der Waals surface area contributed by atoms with Crippen LogP contribution >= 0.6 is 0 Å². The highest BCUT2D eigenvalue weighted by Crippen LogP contribution is 2.35. The number of hydrogen-bond acceptors (Lipinski definition) is 5. The van der Waals surface area contributed by atoms with E-state index >= 15 is 0 Å². The van der Waals surface area contributed by atoms with Gasteiger partial charge in [0.25, 0.3) is 5.91 Å². The summed E-state index contributed by atoms with van der Waals surface area (Å²) in [4.78, 5) is 11.2. The molecular weight excluding hydrogens is 325 g/mol. The predicted octanol–water partition coefficient (Wildman–Crippen LogP) is 0.254. The van der Waals surface area contributed by atoms with Crippen molar-refractivity contribution in [3.63, 3.8) is 0 Å². The van der Waals surface area contributed by atoms with Crippen molar-refractivity contribution in [1.29, 1.82) is 0 Å². The first-order chi connectivity index (χ1) is 10.9. The number of carbonyl (C=O) groups excluding carboxylic acids is 1. The van der Waals surface area contributed by atoms with Crippen LogP contribution in [0.2, 0.25) is 0 Å². The minimum Gasteiger partial charge on any atom is -0.506 e. The molecule has 126 valence electrons. The van der Waals surface area contributed by atoms with E-state index in [1.54, 1.807) is 4.72 Å². The Morgan fingerprint density at radius 3 is 2.74 bits per heavy atom. The number of nitrogens with zero attached hydrogens (tertiary/aromatic N) is 1. The summed E-state index contributed by atoms with van der Waals surface area (Å²) in [5, 5.41) is 13.3. The first-order valence-corrected chi connectivity index (χ1v) is 8.86. The van der Waals surface area contributed by atoms with Gasteiger partial charge in [0.1, 0.15) is 18.0 Å². The fraction of sp³-hybridized carbons (Fsp3) is 0.500. The molecule has 9 heteroatoms. The molecule has 1 aromatic carbocycles. The average Bonchev–Trinajstić information content (AvgIpc) is 3.04. The van der Waals surface area contributed by atoms with Crippen LogP contribution in [0, 0.1) is 11.7 Å². The highest BCUT2D eigenvalue weighted by Gasteiger charge is 2.37. The number of benzene rings is 1. The molecule has 1 atom stereocenters. The second-order valence-corrected chi connectivity index (χ2v) is 7.47. The van der Waals surface area contributed by atoms with Gasteiger partial charge in [-0.15, -0.1) is 0 Å². The summed E-state index contributed by atoms with van der Waals surface area (Å²) in [5.74, 6) is -1.57. The zero-order chi connectivity index (χ0) is 16.6. The van der Waals surface area contributed by atoms with E-state index in [0.717, 1.165) is 25.9 Å². The molecule has 2 fully saturated rings. The first-order valence-electron chi connectivity index (χ1n) is 7.42. The molecule has 1 unspecified atom stereocenters. The lowest BCUT2D eigenvalue weighted by Gasteiger charge is -2.18. The van der Waals surface area contributed by atoms with Crippen molar-refractivity contribution < 1.29 is 22.7 Å². The summed E-state index contributed by atoms with van der Waals surface area (Å²) < 4.78 is 40.2. The number of phenols is 1. The van der Waals surface area contributed by atoms with Gasteiger partial charge in [-0.25, -0.2) is 13.4 Å². The van der Waals surface area contributed by atoms with E-state index in [2.05, 4.69) is 5.32 Å². The van der Waals surface area contributed by atoms with Gasteiger partial charge in [-0.2, -0.15) is 8.42 Å². The molecule has 7 nitrogen and oxygen atoms in total. The fourth-order valence-electron chi connectivity index (χ4n) is 3.01. The van der Waals surface area contributed by atoms with E-state index in [1.165, 1.54) is 12.1 Å². The Bertz CT molecular complexity index is 709. The molecule has 2 heterocycles. The standard InChI is InChI=1S/C14H18FN3O4S/c15-11-5-10(2-1-9-3-4-16-7-9)6-12(19)14(11)18-8-13(20)17-23(18,21)22/h5-6,9,16,19H,1-4,7-8H2,(H,17,20). The molecule has 1 amide bonds. The SMILES string of the molecule is O=C1CN(c2c(O)cc(CCC3CCNC3)cc2F)S(=O)(=O)N1. The third-order valence-corrected chi connectivity index (χ3v) is 5.55. The van der Waals surface area contributed by atoms with Gasteiger partial charge < -0.3 is 10.4 Å². The third kappa shape index (κ3) is 3.25. The minimum atomic E-state index is -4.15. The number of aryl methyl sites for hydroxylation is 1. The number of nitrogens with one attached hydrogen (secondary N) is 2. The Morgan fingerprint density at radius 2 is 2.17 bits per heavy atom. The highest BCUT2D eigenvalue weighted by atomic mass is 32.2. The van der Waals surface area contributed by atoms with Gasteiger partial charge in [0.15, 0.2) is 5.82 Å². The molecule has 3 N–H and O–H groups in total. The van der Waals surface area contributed by atoms with Crippen molar-refractivity contribution >= 4 is 21.8 Å². The number of phenolic OH excluding ortho intramolecular Hbond substituents is 1. The molecule has 2 aliphatic rings. The Hall–Kier alpha value is -1.87. The van der Waals surface area contributed by atoms with E-state index in [4.69, 9.17) is 0 Å². The molecule has 0 saturated carbocycles. The van der Waals surface area contributed by atoms with Crippen LogP contribution in [0.25, 0.3) is 0 Å². The monoisotopic (exact) mass is 343 g/mol. The lowest BCUT2D eigenvalue weighted by Crippen LogP contribution is -2.30. The molecule has 1 aromatic rings. The smallest absolute Gasteiger partial charge is 0.326 e. The number of carbonyl (C=O) groups is 1. The van der Waals surface area contributed by atoms with E-state index < -0.39 is 39.9 Å². The fourth-order valence-corrected chi connectivity index (χ4v) is 4.18. The topological polar surface area (TPSA) is 98.7 Å². The van der Waals surface area contributed by atoms with Gasteiger partial charge >= 0.3 is 10.2 Å². The lowest BCUT2D eigenvalue weighted by atomic mass is 9.98. The molecular formula is C14H18FN3O4S. The Kier molecular flexibility index (Phi) is 4.15. The summed E-state index contributed by atoms with van der Waals surface area (Å²) in [6.07, 6.45) is 2.54. The second-order valence-electron chi connectivity index (χ2n) is 5.88. The number of amides is 1. The minimum absolute atomic E-state index is 0.482. The Morgan fingerprint density at radius 1 is 1.39 bits per heavy atom. The zero-order valence-corrected chi connectivity index (χ0v) is 13.2. The normalized spacial score (nSPS) is 23.3. The van der Waals surface area contributed by atoms with Crippen LogP contribution in [0.5, 0.6) is 5.75 Å². The van der Waals surface area contributed by atoms with E-state index in [0.29, 0.717) is 22.2 Å². The lowest BCUT2D eigenvalue weighted by molar-refractivity contribution is -0.117. The van der Waals surface area contributed by atoms with Crippen LogP contribution in [-0.2, 0) is 21.4 Å². The molecule has 2 aliphatic heterocycles. The molecule has 2 saturated heterocycles. The van der Waals surface area contributed by atoms with Gasteiger partial charge in [0.05, 0.1) is 0 Å². The summed E-state index contributed by atoms with van der Waals surface area (Å²) in [6, 6.07) is 2.58. The van der Waals surface area contributed by atoms with E-state index in [1.807, 2.05) is 0 Å². The van der Waals surface area contributed by atoms with Crippen molar-refractivity contribution in [2.75, 3.05) is 23.9 Å². The van der Waals surface area contributed by atoms with Crippen LogP contribution in [-0.4, -0.2) is 39.1 Å². The van der Waals surface area contributed by atoms with E-state index in [-0.39, 0.29) is 0 Å². The van der Waals surface area contributed by atoms with Crippen LogP contribution in [0.15, 0.2) is 12.1 Å². The van der Waals surface area contributed by atoms with Crippen molar-refractivity contribution in [2.45, 2.75) is 19.3 Å². The van der Waals surface area contributed by atoms with Crippen molar-refractivity contribution in [3.8, 4) is 5.75 Å². The van der Waals surface area contributed by atoms with Crippen molar-refractivity contribution in [2.24, 2.45) is 5.92 Å². The highest BCUT2D eigenvalue weighted by molar-refractivity contribution is 7.92. The van der Waals surface area contributed by atoms with Crippen LogP contribution < -0.4 is 14.3 Å². The maximum absolute atomic E-state index is 14.3. The Balaban J connectivity index is 1.81. The van der Waals surface area contributed by atoms with Crippen molar-refractivity contribution in [1.82, 2.24) is 10.0 Å². The van der Waals surface area contributed by atoms with Crippen LogP contribution in [0.1, 0.15) is 18.4 Å². The number of hydrogen-bond donors (Lipinski definition) is 3. The molecule has 0 radical (unpaired) electrons. The predicted molar refractivity (Wildman–Crippen MR) is 81.8 cm³/mol. The molecule has 3 rings (SSSR count). The summed E-state index contributed by atoms with van der Waals surface area (Å²) in [5.41, 5.74) is 0.112. The quantitative estimate of drug-likeness (QED) is 0.728. The molecule has 0 spiro atoms. The van der Waals surface area contributed by atoms with Gasteiger partial charge in [0, 0.05) is 0 Å². The molecule has 0 aliphatic carbocycles. The molecule has 23 heavy (non-hydrogen) atoms. The first kappa shape index (κ1) is 16.0. The maximum Gasteiger partial charge on any atom is 0.326 e. The number of rotatable bonds is 4.